The number of methoxy groups -OCH3 is 1. The van der Waals surface area contributed by atoms with Crippen molar-refractivity contribution in [3.63, 3.8) is 0 Å². The standard InChI is InChI=1S/C18H23NO/c1-12(2)16-10-17(13(3)8-18(16)20-4)15-7-5-6-14(9-15)11-19/h5-10,12H,11,19H2,1-4H3. The number of benzene rings is 2. The molecule has 0 fully saturated rings. The lowest BCUT2D eigenvalue weighted by Gasteiger charge is -2.16. The number of rotatable bonds is 4. The molecule has 0 saturated heterocycles. The van der Waals surface area contributed by atoms with Crippen LogP contribution < -0.4 is 10.5 Å². The number of hydrogen-bond donors (Lipinski definition) is 1. The van der Waals surface area contributed by atoms with Crippen molar-refractivity contribution in [2.45, 2.75) is 33.2 Å². The van der Waals surface area contributed by atoms with Gasteiger partial charge < -0.3 is 10.5 Å². The Morgan fingerprint density at radius 3 is 2.50 bits per heavy atom. The van der Waals surface area contributed by atoms with Crippen molar-refractivity contribution < 1.29 is 4.74 Å². The van der Waals surface area contributed by atoms with Gasteiger partial charge in [-0.25, -0.2) is 0 Å². The lowest BCUT2D eigenvalue weighted by Crippen LogP contribution is -1.98. The average molecular weight is 269 g/mol. The highest BCUT2D eigenvalue weighted by molar-refractivity contribution is 5.70. The summed E-state index contributed by atoms with van der Waals surface area (Å²) in [7, 11) is 1.73. The Balaban J connectivity index is 2.58. The first-order valence-corrected chi connectivity index (χ1v) is 7.04. The first kappa shape index (κ1) is 14.6. The number of hydrogen-bond acceptors (Lipinski definition) is 2. The Kier molecular flexibility index (Phi) is 4.46. The van der Waals surface area contributed by atoms with Gasteiger partial charge in [-0.05, 0) is 58.9 Å². The molecule has 0 aliphatic heterocycles. The molecule has 0 heterocycles. The van der Waals surface area contributed by atoms with Gasteiger partial charge in [-0.3, -0.25) is 0 Å². The van der Waals surface area contributed by atoms with Gasteiger partial charge in [0.1, 0.15) is 5.75 Å². The Bertz CT molecular complexity index is 602. The molecule has 0 radical (unpaired) electrons. The minimum Gasteiger partial charge on any atom is -0.496 e. The first-order valence-electron chi connectivity index (χ1n) is 7.04. The minimum atomic E-state index is 0.432. The van der Waals surface area contributed by atoms with Crippen molar-refractivity contribution in [2.24, 2.45) is 5.73 Å². The quantitative estimate of drug-likeness (QED) is 0.900. The first-order chi connectivity index (χ1) is 9.56. The zero-order valence-electron chi connectivity index (χ0n) is 12.7. The molecule has 0 aromatic heterocycles. The summed E-state index contributed by atoms with van der Waals surface area (Å²) in [5.41, 5.74) is 11.8. The molecule has 0 atom stereocenters. The molecule has 2 aromatic carbocycles. The zero-order chi connectivity index (χ0) is 14.7. The third kappa shape index (κ3) is 2.86. The van der Waals surface area contributed by atoms with Crippen molar-refractivity contribution in [3.05, 3.63) is 53.1 Å². The Morgan fingerprint density at radius 2 is 1.90 bits per heavy atom. The van der Waals surface area contributed by atoms with Crippen molar-refractivity contribution >= 4 is 0 Å². The Hall–Kier alpha value is -1.80. The summed E-state index contributed by atoms with van der Waals surface area (Å²) in [6, 6.07) is 12.8. The van der Waals surface area contributed by atoms with Crippen LogP contribution in [0.25, 0.3) is 11.1 Å². The highest BCUT2D eigenvalue weighted by Gasteiger charge is 2.12. The molecule has 0 saturated carbocycles. The summed E-state index contributed by atoms with van der Waals surface area (Å²) in [4.78, 5) is 0. The molecule has 2 N–H and O–H groups in total. The third-order valence-electron chi connectivity index (χ3n) is 3.67. The van der Waals surface area contributed by atoms with Crippen LogP contribution in [0.5, 0.6) is 5.75 Å². The number of nitrogens with two attached hydrogens (primary N) is 1. The molecule has 0 aliphatic rings. The van der Waals surface area contributed by atoms with E-state index in [1.807, 2.05) is 0 Å². The summed E-state index contributed by atoms with van der Waals surface area (Å²) < 4.78 is 5.50. The third-order valence-corrected chi connectivity index (χ3v) is 3.67. The molecule has 2 aromatic rings. The van der Waals surface area contributed by atoms with Crippen LogP contribution in [0.2, 0.25) is 0 Å². The van der Waals surface area contributed by atoms with Gasteiger partial charge in [-0.2, -0.15) is 0 Å². The lowest BCUT2D eigenvalue weighted by molar-refractivity contribution is 0.407. The van der Waals surface area contributed by atoms with E-state index in [4.69, 9.17) is 10.5 Å². The predicted molar refractivity (Wildman–Crippen MR) is 85.1 cm³/mol. The summed E-state index contributed by atoms with van der Waals surface area (Å²) in [5.74, 6) is 1.40. The van der Waals surface area contributed by atoms with Gasteiger partial charge in [0.05, 0.1) is 7.11 Å². The van der Waals surface area contributed by atoms with E-state index in [9.17, 15) is 0 Å². The van der Waals surface area contributed by atoms with Crippen LogP contribution in [0.15, 0.2) is 36.4 Å². The molecular weight excluding hydrogens is 246 g/mol. The molecule has 0 unspecified atom stereocenters. The second-order valence-corrected chi connectivity index (χ2v) is 5.47. The van der Waals surface area contributed by atoms with Crippen molar-refractivity contribution in [3.8, 4) is 16.9 Å². The van der Waals surface area contributed by atoms with E-state index in [1.54, 1.807) is 7.11 Å². The highest BCUT2D eigenvalue weighted by atomic mass is 16.5. The number of aryl methyl sites for hydroxylation is 1. The summed E-state index contributed by atoms with van der Waals surface area (Å²) in [5, 5.41) is 0. The van der Waals surface area contributed by atoms with Gasteiger partial charge in [-0.1, -0.05) is 32.0 Å². The van der Waals surface area contributed by atoms with Crippen LogP contribution in [0.3, 0.4) is 0 Å². The predicted octanol–water partition coefficient (Wildman–Crippen LogP) is 4.25. The van der Waals surface area contributed by atoms with E-state index in [0.717, 1.165) is 11.3 Å². The summed E-state index contributed by atoms with van der Waals surface area (Å²) >= 11 is 0. The average Bonchev–Trinajstić information content (AvgIpc) is 2.46. The Morgan fingerprint density at radius 1 is 1.15 bits per heavy atom. The van der Waals surface area contributed by atoms with Gasteiger partial charge in [0, 0.05) is 6.54 Å². The SMILES string of the molecule is COc1cc(C)c(-c2cccc(CN)c2)cc1C(C)C. The van der Waals surface area contributed by atoms with Crippen LogP contribution >= 0.6 is 0 Å². The topological polar surface area (TPSA) is 35.2 Å². The van der Waals surface area contributed by atoms with Crippen LogP contribution in [0, 0.1) is 6.92 Å². The highest BCUT2D eigenvalue weighted by Crippen LogP contribution is 2.34. The van der Waals surface area contributed by atoms with E-state index < -0.39 is 0 Å². The van der Waals surface area contributed by atoms with Gasteiger partial charge in [0.2, 0.25) is 0 Å². The largest absolute Gasteiger partial charge is 0.496 e. The minimum absolute atomic E-state index is 0.432. The lowest BCUT2D eigenvalue weighted by atomic mass is 9.92. The van der Waals surface area contributed by atoms with E-state index in [-0.39, 0.29) is 0 Å². The van der Waals surface area contributed by atoms with Crippen molar-refractivity contribution in [1.29, 1.82) is 0 Å². The summed E-state index contributed by atoms with van der Waals surface area (Å²) in [6.45, 7) is 7.07. The van der Waals surface area contributed by atoms with E-state index in [2.05, 4.69) is 57.2 Å². The molecule has 106 valence electrons. The summed E-state index contributed by atoms with van der Waals surface area (Å²) in [6.07, 6.45) is 0. The molecule has 0 aliphatic carbocycles. The number of ether oxygens (including phenoxy) is 1. The fourth-order valence-corrected chi connectivity index (χ4v) is 2.50. The molecule has 0 spiro atoms. The molecule has 0 bridgehead atoms. The molecule has 20 heavy (non-hydrogen) atoms. The van der Waals surface area contributed by atoms with Crippen LogP contribution in [-0.4, -0.2) is 7.11 Å². The van der Waals surface area contributed by atoms with Gasteiger partial charge >= 0.3 is 0 Å². The van der Waals surface area contributed by atoms with Gasteiger partial charge in [0.15, 0.2) is 0 Å². The molecular formula is C18H23NO. The maximum Gasteiger partial charge on any atom is 0.122 e. The van der Waals surface area contributed by atoms with E-state index >= 15 is 0 Å². The molecule has 2 nitrogen and oxygen atoms in total. The fraction of sp³-hybridized carbons (Fsp3) is 0.333. The maximum atomic E-state index is 5.74. The maximum absolute atomic E-state index is 5.74. The van der Waals surface area contributed by atoms with Crippen LogP contribution in [0.1, 0.15) is 36.5 Å². The van der Waals surface area contributed by atoms with E-state index in [0.29, 0.717) is 12.5 Å². The van der Waals surface area contributed by atoms with Gasteiger partial charge in [0.25, 0.3) is 0 Å². The van der Waals surface area contributed by atoms with Crippen molar-refractivity contribution in [2.75, 3.05) is 7.11 Å². The second-order valence-electron chi connectivity index (χ2n) is 5.47. The van der Waals surface area contributed by atoms with E-state index in [1.165, 1.54) is 22.3 Å². The van der Waals surface area contributed by atoms with Gasteiger partial charge in [-0.15, -0.1) is 0 Å². The molecule has 0 amide bonds. The normalized spacial score (nSPS) is 10.9. The smallest absolute Gasteiger partial charge is 0.122 e. The van der Waals surface area contributed by atoms with Crippen LogP contribution in [-0.2, 0) is 6.54 Å². The Labute approximate surface area is 121 Å². The zero-order valence-corrected chi connectivity index (χ0v) is 12.7. The second kappa shape index (κ2) is 6.10. The van der Waals surface area contributed by atoms with Crippen molar-refractivity contribution in [1.82, 2.24) is 0 Å². The molecule has 2 rings (SSSR count). The van der Waals surface area contributed by atoms with Crippen LogP contribution in [0.4, 0.5) is 0 Å². The monoisotopic (exact) mass is 269 g/mol. The fourth-order valence-electron chi connectivity index (χ4n) is 2.50. The molecule has 2 heteroatoms.